The van der Waals surface area contributed by atoms with Crippen LogP contribution in [0.4, 0.5) is 9.59 Å². The smallest absolute Gasteiger partial charge is 0.410 e. The number of esters is 1. The molecule has 1 saturated heterocycles. The van der Waals surface area contributed by atoms with E-state index in [4.69, 9.17) is 14.2 Å². The Balaban J connectivity index is 1.86. The van der Waals surface area contributed by atoms with Gasteiger partial charge in [-0.25, -0.2) is 14.4 Å². The van der Waals surface area contributed by atoms with Crippen LogP contribution in [0.1, 0.15) is 32.8 Å². The first-order valence-corrected chi connectivity index (χ1v) is 10.4. The third-order valence-corrected chi connectivity index (χ3v) is 4.67. The second kappa shape index (κ2) is 11.5. The predicted octanol–water partition coefficient (Wildman–Crippen LogP) is 2.40. The molecule has 2 rings (SSSR count). The molecule has 1 atom stereocenters. The van der Waals surface area contributed by atoms with E-state index in [0.29, 0.717) is 26.2 Å². The molecule has 31 heavy (non-hydrogen) atoms. The number of hydrogen-bond acceptors (Lipinski definition) is 7. The molecular weight excluding hydrogens is 402 g/mol. The maximum atomic E-state index is 12.4. The zero-order chi connectivity index (χ0) is 22.9. The number of ether oxygens (including phenoxy) is 3. The zero-order valence-electron chi connectivity index (χ0n) is 18.8. The summed E-state index contributed by atoms with van der Waals surface area (Å²) in [5.41, 5.74) is 0.259. The molecule has 1 aromatic carbocycles. The van der Waals surface area contributed by atoms with Crippen LogP contribution in [-0.2, 0) is 25.6 Å². The van der Waals surface area contributed by atoms with Gasteiger partial charge in [0.2, 0.25) is 0 Å². The first-order valence-electron chi connectivity index (χ1n) is 10.4. The van der Waals surface area contributed by atoms with Crippen LogP contribution in [0.5, 0.6) is 0 Å². The van der Waals surface area contributed by atoms with Gasteiger partial charge in [-0.05, 0) is 39.3 Å². The average Bonchev–Trinajstić information content (AvgIpc) is 2.96. The second-order valence-corrected chi connectivity index (χ2v) is 8.40. The SMILES string of the molecule is COC(=O)C(CN1CCCN(C(=O)OCc2ccccc2)CC1)NC(=O)OC(C)(C)C. The predicted molar refractivity (Wildman–Crippen MR) is 114 cm³/mol. The first kappa shape index (κ1) is 24.5. The summed E-state index contributed by atoms with van der Waals surface area (Å²) in [6.45, 7) is 7.99. The molecule has 1 aliphatic heterocycles. The third kappa shape index (κ3) is 8.84. The molecule has 1 aromatic rings. The van der Waals surface area contributed by atoms with E-state index in [-0.39, 0.29) is 19.2 Å². The van der Waals surface area contributed by atoms with Gasteiger partial charge in [-0.1, -0.05) is 30.3 Å². The van der Waals surface area contributed by atoms with Crippen molar-refractivity contribution in [2.75, 3.05) is 39.8 Å². The van der Waals surface area contributed by atoms with Crippen LogP contribution < -0.4 is 5.32 Å². The van der Waals surface area contributed by atoms with Gasteiger partial charge in [0.25, 0.3) is 0 Å². The summed E-state index contributed by atoms with van der Waals surface area (Å²) < 4.78 is 15.5. The van der Waals surface area contributed by atoms with Crippen molar-refractivity contribution in [2.24, 2.45) is 0 Å². The fourth-order valence-electron chi connectivity index (χ4n) is 3.18. The lowest BCUT2D eigenvalue weighted by Crippen LogP contribution is -2.50. The highest BCUT2D eigenvalue weighted by Gasteiger charge is 2.28. The van der Waals surface area contributed by atoms with Crippen molar-refractivity contribution in [3.05, 3.63) is 35.9 Å². The second-order valence-electron chi connectivity index (χ2n) is 8.40. The highest BCUT2D eigenvalue weighted by Crippen LogP contribution is 2.10. The van der Waals surface area contributed by atoms with E-state index >= 15 is 0 Å². The Hall–Kier alpha value is -2.81. The van der Waals surface area contributed by atoms with Gasteiger partial charge in [-0.15, -0.1) is 0 Å². The molecule has 0 radical (unpaired) electrons. The Kier molecular flexibility index (Phi) is 9.11. The van der Waals surface area contributed by atoms with Gasteiger partial charge in [0.05, 0.1) is 7.11 Å². The Bertz CT molecular complexity index is 735. The topological polar surface area (TPSA) is 97.4 Å². The summed E-state index contributed by atoms with van der Waals surface area (Å²) in [4.78, 5) is 40.4. The van der Waals surface area contributed by atoms with Crippen LogP contribution in [0.3, 0.4) is 0 Å². The molecule has 9 heteroatoms. The Labute approximate surface area is 183 Å². The van der Waals surface area contributed by atoms with Gasteiger partial charge in [-0.3, -0.25) is 4.90 Å². The van der Waals surface area contributed by atoms with Crippen molar-refractivity contribution in [1.29, 1.82) is 0 Å². The lowest BCUT2D eigenvalue weighted by Gasteiger charge is -2.27. The van der Waals surface area contributed by atoms with E-state index < -0.39 is 23.7 Å². The maximum Gasteiger partial charge on any atom is 0.410 e. The third-order valence-electron chi connectivity index (χ3n) is 4.67. The van der Waals surface area contributed by atoms with Crippen LogP contribution in [0.15, 0.2) is 30.3 Å². The van der Waals surface area contributed by atoms with Crippen molar-refractivity contribution in [3.8, 4) is 0 Å². The van der Waals surface area contributed by atoms with E-state index in [0.717, 1.165) is 12.0 Å². The van der Waals surface area contributed by atoms with Gasteiger partial charge < -0.3 is 24.4 Å². The number of nitrogens with zero attached hydrogens (tertiary/aromatic N) is 2. The summed E-state index contributed by atoms with van der Waals surface area (Å²) in [7, 11) is 1.28. The monoisotopic (exact) mass is 435 g/mol. The lowest BCUT2D eigenvalue weighted by atomic mass is 10.2. The molecule has 0 saturated carbocycles. The van der Waals surface area contributed by atoms with E-state index in [1.807, 2.05) is 35.2 Å². The van der Waals surface area contributed by atoms with Crippen molar-refractivity contribution < 1.29 is 28.6 Å². The number of carbonyl (C=O) groups is 3. The number of benzene rings is 1. The van der Waals surface area contributed by atoms with Gasteiger partial charge >= 0.3 is 18.2 Å². The fraction of sp³-hybridized carbons (Fsp3) is 0.591. The maximum absolute atomic E-state index is 12.4. The molecule has 9 nitrogen and oxygen atoms in total. The fourth-order valence-corrected chi connectivity index (χ4v) is 3.18. The lowest BCUT2D eigenvalue weighted by molar-refractivity contribution is -0.143. The summed E-state index contributed by atoms with van der Waals surface area (Å²) in [5, 5.41) is 2.58. The standard InChI is InChI=1S/C22H33N3O6/c1-22(2,3)31-20(27)23-18(19(26)29-4)15-24-11-8-12-25(14-13-24)21(28)30-16-17-9-6-5-7-10-17/h5-7,9-10,18H,8,11-16H2,1-4H3,(H,23,27). The number of alkyl carbamates (subject to hydrolysis) is 1. The summed E-state index contributed by atoms with van der Waals surface area (Å²) >= 11 is 0. The minimum Gasteiger partial charge on any atom is -0.467 e. The normalized spacial score (nSPS) is 16.1. The number of amides is 2. The molecule has 0 spiro atoms. The van der Waals surface area contributed by atoms with E-state index in [9.17, 15) is 14.4 Å². The minimum absolute atomic E-state index is 0.226. The van der Waals surface area contributed by atoms with E-state index in [2.05, 4.69) is 5.32 Å². The molecule has 1 aliphatic rings. The van der Waals surface area contributed by atoms with Crippen LogP contribution in [0, 0.1) is 0 Å². The van der Waals surface area contributed by atoms with Gasteiger partial charge in [0.15, 0.2) is 0 Å². The molecule has 172 valence electrons. The number of methoxy groups -OCH3 is 1. The summed E-state index contributed by atoms with van der Waals surface area (Å²) in [6, 6.07) is 8.65. The van der Waals surface area contributed by atoms with E-state index in [1.54, 1.807) is 25.7 Å². The quantitative estimate of drug-likeness (QED) is 0.541. The Morgan fingerprint density at radius 3 is 2.42 bits per heavy atom. The molecular formula is C22H33N3O6. The molecule has 1 fully saturated rings. The number of hydrogen-bond donors (Lipinski definition) is 1. The van der Waals surface area contributed by atoms with Gasteiger partial charge in [-0.2, -0.15) is 0 Å². The minimum atomic E-state index is -0.864. The van der Waals surface area contributed by atoms with Crippen molar-refractivity contribution in [2.45, 2.75) is 45.4 Å². The molecule has 0 aliphatic carbocycles. The van der Waals surface area contributed by atoms with Crippen LogP contribution in [-0.4, -0.2) is 79.4 Å². The zero-order valence-corrected chi connectivity index (χ0v) is 18.8. The molecule has 1 unspecified atom stereocenters. The van der Waals surface area contributed by atoms with Crippen LogP contribution >= 0.6 is 0 Å². The molecule has 0 aromatic heterocycles. The van der Waals surface area contributed by atoms with Crippen LogP contribution in [0.2, 0.25) is 0 Å². The number of carbonyl (C=O) groups excluding carboxylic acids is 3. The molecule has 1 heterocycles. The summed E-state index contributed by atoms with van der Waals surface area (Å²) in [5.74, 6) is -0.547. The first-order chi connectivity index (χ1) is 14.7. The van der Waals surface area contributed by atoms with Gasteiger partial charge in [0.1, 0.15) is 18.2 Å². The van der Waals surface area contributed by atoms with Crippen molar-refractivity contribution in [3.63, 3.8) is 0 Å². The molecule has 0 bridgehead atoms. The Morgan fingerprint density at radius 1 is 1.06 bits per heavy atom. The number of rotatable bonds is 6. The highest BCUT2D eigenvalue weighted by atomic mass is 16.6. The van der Waals surface area contributed by atoms with Crippen molar-refractivity contribution >= 4 is 18.2 Å². The van der Waals surface area contributed by atoms with Gasteiger partial charge in [0, 0.05) is 26.2 Å². The summed E-state index contributed by atoms with van der Waals surface area (Å²) in [6.07, 6.45) is -0.313. The van der Waals surface area contributed by atoms with E-state index in [1.165, 1.54) is 7.11 Å². The largest absolute Gasteiger partial charge is 0.467 e. The Morgan fingerprint density at radius 2 is 1.77 bits per heavy atom. The van der Waals surface area contributed by atoms with Crippen LogP contribution in [0.25, 0.3) is 0 Å². The number of nitrogens with one attached hydrogen (secondary N) is 1. The highest BCUT2D eigenvalue weighted by molar-refractivity contribution is 5.81. The molecule has 1 N–H and O–H groups in total. The van der Waals surface area contributed by atoms with Crippen molar-refractivity contribution in [1.82, 2.24) is 15.1 Å². The molecule has 2 amide bonds. The average molecular weight is 436 g/mol.